The van der Waals surface area contributed by atoms with Gasteiger partial charge in [-0.15, -0.1) is 0 Å². The number of hydrogen-bond acceptors (Lipinski definition) is 3. The summed E-state index contributed by atoms with van der Waals surface area (Å²) in [6.45, 7) is 1.50. The van der Waals surface area contributed by atoms with Gasteiger partial charge in [-0.2, -0.15) is 0 Å². The first-order valence-electron chi connectivity index (χ1n) is 6.68. The van der Waals surface area contributed by atoms with Crippen molar-refractivity contribution in [3.63, 3.8) is 0 Å². The van der Waals surface area contributed by atoms with Gasteiger partial charge >= 0.3 is 0 Å². The summed E-state index contributed by atoms with van der Waals surface area (Å²) in [6.07, 6.45) is 0.812. The van der Waals surface area contributed by atoms with Gasteiger partial charge in [0, 0.05) is 4.47 Å². The summed E-state index contributed by atoms with van der Waals surface area (Å²) >= 11 is 9.57. The van der Waals surface area contributed by atoms with E-state index in [2.05, 4.69) is 15.9 Å². The summed E-state index contributed by atoms with van der Waals surface area (Å²) in [6, 6.07) is 13.4. The van der Waals surface area contributed by atoms with Crippen LogP contribution in [0.15, 0.2) is 46.9 Å². The molecular formula is C16H17BrClNO2. The van der Waals surface area contributed by atoms with Crippen molar-refractivity contribution in [2.24, 2.45) is 5.73 Å². The first-order chi connectivity index (χ1) is 10.2. The molecular weight excluding hydrogens is 354 g/mol. The molecule has 0 aromatic heterocycles. The fourth-order valence-corrected chi connectivity index (χ4v) is 2.49. The van der Waals surface area contributed by atoms with Gasteiger partial charge in [0.1, 0.15) is 24.7 Å². The Bertz CT molecular complexity index is 592. The number of rotatable bonds is 7. The van der Waals surface area contributed by atoms with E-state index in [-0.39, 0.29) is 0 Å². The fourth-order valence-electron chi connectivity index (χ4n) is 1.85. The second kappa shape index (κ2) is 8.27. The van der Waals surface area contributed by atoms with Crippen LogP contribution in [0.4, 0.5) is 0 Å². The van der Waals surface area contributed by atoms with E-state index >= 15 is 0 Å². The molecule has 2 aromatic rings. The third kappa shape index (κ3) is 5.23. The molecule has 5 heteroatoms. The zero-order valence-electron chi connectivity index (χ0n) is 11.5. The van der Waals surface area contributed by atoms with Gasteiger partial charge in [-0.3, -0.25) is 0 Å². The lowest BCUT2D eigenvalue weighted by Gasteiger charge is -2.10. The van der Waals surface area contributed by atoms with Crippen LogP contribution in [0.3, 0.4) is 0 Å². The van der Waals surface area contributed by atoms with Gasteiger partial charge in [-0.05, 0) is 48.9 Å². The summed E-state index contributed by atoms with van der Waals surface area (Å²) in [5, 5.41) is 0.600. The summed E-state index contributed by atoms with van der Waals surface area (Å²) in [7, 11) is 0. The second-order valence-corrected chi connectivity index (χ2v) is 5.78. The number of ether oxygens (including phenoxy) is 2. The minimum atomic E-state index is 0.433. The first-order valence-corrected chi connectivity index (χ1v) is 7.86. The van der Waals surface area contributed by atoms with Crippen molar-refractivity contribution in [1.82, 2.24) is 0 Å². The van der Waals surface area contributed by atoms with Gasteiger partial charge in [0.2, 0.25) is 0 Å². The molecule has 2 N–H and O–H groups in total. The van der Waals surface area contributed by atoms with Crippen molar-refractivity contribution in [2.45, 2.75) is 6.42 Å². The van der Waals surface area contributed by atoms with E-state index in [4.69, 9.17) is 26.8 Å². The number of nitrogens with two attached hydrogens (primary N) is 1. The van der Waals surface area contributed by atoms with Crippen LogP contribution in [-0.4, -0.2) is 19.8 Å². The molecule has 3 nitrogen and oxygen atoms in total. The van der Waals surface area contributed by atoms with E-state index in [0.717, 1.165) is 22.2 Å². The van der Waals surface area contributed by atoms with E-state index in [9.17, 15) is 0 Å². The lowest BCUT2D eigenvalue weighted by molar-refractivity contribution is 0.217. The number of hydrogen-bond donors (Lipinski definition) is 1. The van der Waals surface area contributed by atoms with E-state index < -0.39 is 0 Å². The summed E-state index contributed by atoms with van der Waals surface area (Å²) in [5.41, 5.74) is 6.63. The SMILES string of the molecule is NCCc1ccc(OCCOc2cccc(Br)c2)c(Cl)c1. The molecule has 0 heterocycles. The van der Waals surface area contributed by atoms with Crippen molar-refractivity contribution in [1.29, 1.82) is 0 Å². The molecule has 21 heavy (non-hydrogen) atoms. The molecule has 0 unspecified atom stereocenters. The van der Waals surface area contributed by atoms with Crippen LogP contribution in [0.1, 0.15) is 5.56 Å². The lowest BCUT2D eigenvalue weighted by Crippen LogP contribution is -2.09. The first kappa shape index (κ1) is 16.1. The van der Waals surface area contributed by atoms with Crippen molar-refractivity contribution in [3.05, 3.63) is 57.5 Å². The van der Waals surface area contributed by atoms with Crippen LogP contribution in [0.25, 0.3) is 0 Å². The van der Waals surface area contributed by atoms with Gasteiger partial charge in [0.05, 0.1) is 5.02 Å². The summed E-state index contributed by atoms with van der Waals surface area (Å²) < 4.78 is 12.2. The molecule has 0 saturated heterocycles. The van der Waals surface area contributed by atoms with Crippen molar-refractivity contribution >= 4 is 27.5 Å². The molecule has 0 saturated carbocycles. The second-order valence-electron chi connectivity index (χ2n) is 4.46. The summed E-state index contributed by atoms with van der Waals surface area (Å²) in [4.78, 5) is 0. The Labute approximate surface area is 138 Å². The van der Waals surface area contributed by atoms with Crippen LogP contribution in [-0.2, 0) is 6.42 Å². The summed E-state index contributed by atoms with van der Waals surface area (Å²) in [5.74, 6) is 1.47. The van der Waals surface area contributed by atoms with Crippen LogP contribution >= 0.6 is 27.5 Å². The van der Waals surface area contributed by atoms with Crippen molar-refractivity contribution < 1.29 is 9.47 Å². The van der Waals surface area contributed by atoms with E-state index in [1.807, 2.05) is 42.5 Å². The number of halogens is 2. The zero-order valence-corrected chi connectivity index (χ0v) is 13.9. The molecule has 0 bridgehead atoms. The van der Waals surface area contributed by atoms with Gasteiger partial charge in [0.25, 0.3) is 0 Å². The third-order valence-corrected chi connectivity index (χ3v) is 3.62. The molecule has 0 aliphatic carbocycles. The molecule has 0 fully saturated rings. The highest BCUT2D eigenvalue weighted by atomic mass is 79.9. The standard InChI is InChI=1S/C16H17BrClNO2/c17-13-2-1-3-14(11-13)20-8-9-21-16-5-4-12(6-7-19)10-15(16)18/h1-5,10-11H,6-9,19H2. The van der Waals surface area contributed by atoms with Crippen LogP contribution in [0.2, 0.25) is 5.02 Å². The van der Waals surface area contributed by atoms with E-state index in [0.29, 0.717) is 30.5 Å². The van der Waals surface area contributed by atoms with Crippen molar-refractivity contribution in [2.75, 3.05) is 19.8 Å². The van der Waals surface area contributed by atoms with Crippen LogP contribution in [0, 0.1) is 0 Å². The fraction of sp³-hybridized carbons (Fsp3) is 0.250. The average molecular weight is 371 g/mol. The normalized spacial score (nSPS) is 10.4. The molecule has 0 aliphatic rings. The maximum atomic E-state index is 6.17. The smallest absolute Gasteiger partial charge is 0.138 e. The van der Waals surface area contributed by atoms with Crippen LogP contribution < -0.4 is 15.2 Å². The highest BCUT2D eigenvalue weighted by Gasteiger charge is 2.03. The Morgan fingerprint density at radius 2 is 1.86 bits per heavy atom. The molecule has 0 spiro atoms. The Hall–Kier alpha value is -1.23. The molecule has 0 atom stereocenters. The van der Waals surface area contributed by atoms with Crippen LogP contribution in [0.5, 0.6) is 11.5 Å². The number of benzene rings is 2. The van der Waals surface area contributed by atoms with Crippen molar-refractivity contribution in [3.8, 4) is 11.5 Å². The zero-order chi connectivity index (χ0) is 15.1. The average Bonchev–Trinajstić information content (AvgIpc) is 2.46. The quantitative estimate of drug-likeness (QED) is 0.748. The predicted molar refractivity (Wildman–Crippen MR) is 89.3 cm³/mol. The lowest BCUT2D eigenvalue weighted by atomic mass is 10.1. The Kier molecular flexibility index (Phi) is 6.36. The van der Waals surface area contributed by atoms with Gasteiger partial charge in [-0.25, -0.2) is 0 Å². The molecule has 2 rings (SSSR count). The van der Waals surface area contributed by atoms with E-state index in [1.54, 1.807) is 0 Å². The monoisotopic (exact) mass is 369 g/mol. The molecule has 112 valence electrons. The third-order valence-electron chi connectivity index (χ3n) is 2.84. The Morgan fingerprint density at radius 1 is 1.05 bits per heavy atom. The Balaban J connectivity index is 1.81. The van der Waals surface area contributed by atoms with Gasteiger partial charge in [-0.1, -0.05) is 39.7 Å². The maximum Gasteiger partial charge on any atom is 0.138 e. The minimum Gasteiger partial charge on any atom is -0.490 e. The largest absolute Gasteiger partial charge is 0.490 e. The van der Waals surface area contributed by atoms with E-state index in [1.165, 1.54) is 0 Å². The molecule has 0 amide bonds. The topological polar surface area (TPSA) is 44.5 Å². The highest BCUT2D eigenvalue weighted by Crippen LogP contribution is 2.25. The molecule has 2 aromatic carbocycles. The van der Waals surface area contributed by atoms with Gasteiger partial charge < -0.3 is 15.2 Å². The predicted octanol–water partition coefficient (Wildman–Crippen LogP) is 4.06. The molecule has 0 radical (unpaired) electrons. The minimum absolute atomic E-state index is 0.433. The molecule has 0 aliphatic heterocycles. The van der Waals surface area contributed by atoms with Gasteiger partial charge in [0.15, 0.2) is 0 Å². The highest BCUT2D eigenvalue weighted by molar-refractivity contribution is 9.10. The maximum absolute atomic E-state index is 6.17. The Morgan fingerprint density at radius 3 is 2.57 bits per heavy atom.